The summed E-state index contributed by atoms with van der Waals surface area (Å²) in [6.45, 7) is 7.61. The van der Waals surface area contributed by atoms with E-state index in [1.165, 1.54) is 36.2 Å². The van der Waals surface area contributed by atoms with E-state index in [0.717, 1.165) is 0 Å². The lowest BCUT2D eigenvalue weighted by atomic mass is 10.00. The molecule has 8 nitrogen and oxygen atoms in total. The molecule has 180 valence electrons. The van der Waals surface area contributed by atoms with Crippen molar-refractivity contribution >= 4 is 34.9 Å². The van der Waals surface area contributed by atoms with Gasteiger partial charge < -0.3 is 20.0 Å². The minimum Gasteiger partial charge on any atom is -0.491 e. The van der Waals surface area contributed by atoms with Crippen LogP contribution in [0.4, 0.5) is 15.9 Å². The van der Waals surface area contributed by atoms with Crippen LogP contribution >= 0.6 is 23.4 Å². The third-order valence-corrected chi connectivity index (χ3v) is 6.27. The molecule has 4 rings (SSSR count). The zero-order valence-corrected chi connectivity index (χ0v) is 20.1. The van der Waals surface area contributed by atoms with Gasteiger partial charge in [0.15, 0.2) is 0 Å². The maximum Gasteiger partial charge on any atom is 0.236 e. The second-order valence-corrected chi connectivity index (χ2v) is 8.65. The van der Waals surface area contributed by atoms with Crippen molar-refractivity contribution in [1.29, 1.82) is 5.26 Å². The zero-order valence-electron chi connectivity index (χ0n) is 18.5. The molecular formula is C25H17ClFN5O3S. The van der Waals surface area contributed by atoms with Gasteiger partial charge in [0.1, 0.15) is 41.3 Å². The molecule has 4 aromatic rings. The number of hydrogen-bond donors (Lipinski definition) is 2. The van der Waals surface area contributed by atoms with Gasteiger partial charge in [0.2, 0.25) is 11.6 Å². The molecule has 0 radical (unpaired) electrons. The number of oxazole rings is 1. The molecule has 0 amide bonds. The third kappa shape index (κ3) is 5.26. The lowest BCUT2D eigenvalue weighted by Gasteiger charge is -2.13. The molecule has 0 spiro atoms. The standard InChI is InChI=1S/C25H17ClFN5O3S/c1-30-22-21(14-2-5-17(6-3-14)34-9-8-33)18(11-28)25(32-23(22)29)36-13-16-12-35-24(31-16)15-4-7-20(27)19(26)10-15/h2-7,10,12,33H,8-9,13H2,(H2,29,32). The van der Waals surface area contributed by atoms with Crippen LogP contribution < -0.4 is 10.5 Å². The van der Waals surface area contributed by atoms with Crippen molar-refractivity contribution in [1.82, 2.24) is 9.97 Å². The van der Waals surface area contributed by atoms with Crippen LogP contribution in [0.5, 0.6) is 5.75 Å². The first-order chi connectivity index (χ1) is 17.4. The molecule has 0 fully saturated rings. The van der Waals surface area contributed by atoms with E-state index < -0.39 is 5.82 Å². The van der Waals surface area contributed by atoms with Crippen molar-refractivity contribution in [3.8, 4) is 34.4 Å². The predicted molar refractivity (Wildman–Crippen MR) is 134 cm³/mol. The van der Waals surface area contributed by atoms with Gasteiger partial charge in [0, 0.05) is 16.9 Å². The molecule has 0 saturated carbocycles. The highest BCUT2D eigenvalue weighted by Gasteiger charge is 2.21. The third-order valence-electron chi connectivity index (χ3n) is 4.97. The Balaban J connectivity index is 1.63. The van der Waals surface area contributed by atoms with Crippen molar-refractivity contribution < 1.29 is 18.7 Å². The summed E-state index contributed by atoms with van der Waals surface area (Å²) < 4.78 is 24.3. The first-order valence-corrected chi connectivity index (χ1v) is 11.8. The number of anilines is 1. The molecule has 0 aliphatic heterocycles. The van der Waals surface area contributed by atoms with Gasteiger partial charge in [-0.2, -0.15) is 5.26 Å². The number of rotatable bonds is 8. The number of nitrogens with two attached hydrogens (primary N) is 1. The molecule has 0 aliphatic carbocycles. The van der Waals surface area contributed by atoms with Gasteiger partial charge >= 0.3 is 0 Å². The van der Waals surface area contributed by atoms with Crippen LogP contribution in [0.1, 0.15) is 11.3 Å². The van der Waals surface area contributed by atoms with E-state index in [1.807, 2.05) is 0 Å². The summed E-state index contributed by atoms with van der Waals surface area (Å²) in [6, 6.07) is 13.1. The molecule has 2 heterocycles. The number of benzene rings is 2. The van der Waals surface area contributed by atoms with Gasteiger partial charge in [0.05, 0.1) is 29.5 Å². The molecule has 0 bridgehead atoms. The maximum absolute atomic E-state index is 13.4. The Labute approximate surface area is 214 Å². The molecule has 0 aliphatic rings. The number of hydrogen-bond acceptors (Lipinski definition) is 8. The van der Waals surface area contributed by atoms with Crippen molar-refractivity contribution in [3.63, 3.8) is 0 Å². The number of aliphatic hydroxyl groups is 1. The SMILES string of the molecule is [C-]#[N+]c1c(N)nc(SCc2coc(-c3ccc(F)c(Cl)c3)n2)c(C#N)c1-c1ccc(OCCO)cc1. The van der Waals surface area contributed by atoms with E-state index in [0.29, 0.717) is 38.9 Å². The van der Waals surface area contributed by atoms with Crippen LogP contribution in [0.2, 0.25) is 5.02 Å². The Morgan fingerprint density at radius 2 is 1.97 bits per heavy atom. The average molecular weight is 522 g/mol. The summed E-state index contributed by atoms with van der Waals surface area (Å²) >= 11 is 7.06. The highest BCUT2D eigenvalue weighted by molar-refractivity contribution is 7.98. The first kappa shape index (κ1) is 25.0. The van der Waals surface area contributed by atoms with Crippen LogP contribution in [0.3, 0.4) is 0 Å². The van der Waals surface area contributed by atoms with Gasteiger partial charge in [0.25, 0.3) is 0 Å². The summed E-state index contributed by atoms with van der Waals surface area (Å²) in [5.41, 5.74) is 8.42. The fraction of sp³-hybridized carbons (Fsp3) is 0.120. The van der Waals surface area contributed by atoms with Gasteiger partial charge in [-0.1, -0.05) is 35.5 Å². The minimum absolute atomic E-state index is 0.00361. The monoisotopic (exact) mass is 521 g/mol. The number of nitrogens with zero attached hydrogens (tertiary/aromatic N) is 4. The topological polar surface area (TPSA) is 123 Å². The van der Waals surface area contributed by atoms with Gasteiger partial charge in [-0.25, -0.2) is 19.2 Å². The summed E-state index contributed by atoms with van der Waals surface area (Å²) in [5.74, 6) is 0.569. The number of nitrogen functional groups attached to an aromatic ring is 1. The molecule has 0 saturated heterocycles. The molecule has 11 heteroatoms. The van der Waals surface area contributed by atoms with Crippen LogP contribution in [0, 0.1) is 23.7 Å². The van der Waals surface area contributed by atoms with E-state index in [1.54, 1.807) is 24.3 Å². The average Bonchev–Trinajstić information content (AvgIpc) is 3.37. The Kier molecular flexibility index (Phi) is 7.71. The van der Waals surface area contributed by atoms with E-state index in [9.17, 15) is 9.65 Å². The Hall–Kier alpha value is -4.09. The molecule has 0 unspecified atom stereocenters. The lowest BCUT2D eigenvalue weighted by Crippen LogP contribution is -2.02. The normalized spacial score (nSPS) is 10.6. The summed E-state index contributed by atoms with van der Waals surface area (Å²) in [6.07, 6.45) is 1.45. The van der Waals surface area contributed by atoms with Crippen molar-refractivity contribution in [2.45, 2.75) is 10.8 Å². The van der Waals surface area contributed by atoms with Gasteiger partial charge in [-0.15, -0.1) is 0 Å². The summed E-state index contributed by atoms with van der Waals surface area (Å²) in [4.78, 5) is 12.2. The smallest absolute Gasteiger partial charge is 0.236 e. The fourth-order valence-electron chi connectivity index (χ4n) is 3.33. The number of nitriles is 1. The van der Waals surface area contributed by atoms with Crippen LogP contribution in [-0.4, -0.2) is 28.3 Å². The molecule has 3 N–H and O–H groups in total. The Bertz CT molecular complexity index is 1500. The number of thioether (sulfide) groups is 1. The number of aliphatic hydroxyl groups excluding tert-OH is 1. The minimum atomic E-state index is -0.540. The van der Waals surface area contributed by atoms with Crippen molar-refractivity contribution in [2.75, 3.05) is 18.9 Å². The lowest BCUT2D eigenvalue weighted by molar-refractivity contribution is 0.201. The molecule has 2 aromatic carbocycles. The Morgan fingerprint density at radius 3 is 2.64 bits per heavy atom. The Morgan fingerprint density at radius 1 is 1.22 bits per heavy atom. The van der Waals surface area contributed by atoms with Crippen LogP contribution in [0.15, 0.2) is 58.2 Å². The van der Waals surface area contributed by atoms with Gasteiger partial charge in [-0.05, 0) is 35.9 Å². The van der Waals surface area contributed by atoms with Crippen LogP contribution in [0.25, 0.3) is 27.4 Å². The maximum atomic E-state index is 13.4. The first-order valence-electron chi connectivity index (χ1n) is 10.4. The number of aromatic nitrogens is 2. The second kappa shape index (κ2) is 11.1. The predicted octanol–water partition coefficient (Wildman–Crippen LogP) is 5.86. The largest absolute Gasteiger partial charge is 0.491 e. The molecule has 0 atom stereocenters. The molecule has 36 heavy (non-hydrogen) atoms. The fourth-order valence-corrected chi connectivity index (χ4v) is 4.39. The van der Waals surface area contributed by atoms with E-state index in [4.69, 9.17) is 38.2 Å². The molecule has 2 aromatic heterocycles. The molecular weight excluding hydrogens is 505 g/mol. The van der Waals surface area contributed by atoms with Crippen molar-refractivity contribution in [2.24, 2.45) is 0 Å². The number of pyridine rings is 1. The highest BCUT2D eigenvalue weighted by atomic mass is 35.5. The van der Waals surface area contributed by atoms with Gasteiger partial charge in [-0.3, -0.25) is 0 Å². The summed E-state index contributed by atoms with van der Waals surface area (Å²) in [7, 11) is 0. The number of halogens is 2. The zero-order chi connectivity index (χ0) is 25.7. The second-order valence-electron chi connectivity index (χ2n) is 7.28. The quantitative estimate of drug-likeness (QED) is 0.218. The van der Waals surface area contributed by atoms with Crippen LogP contribution in [-0.2, 0) is 5.75 Å². The van der Waals surface area contributed by atoms with Crippen molar-refractivity contribution in [3.05, 3.63) is 82.2 Å². The van der Waals surface area contributed by atoms with E-state index in [2.05, 4.69) is 20.9 Å². The summed E-state index contributed by atoms with van der Waals surface area (Å²) in [5, 5.41) is 19.2. The number of ether oxygens (including phenoxy) is 1. The van der Waals surface area contributed by atoms with E-state index in [-0.39, 0.29) is 41.2 Å². The highest BCUT2D eigenvalue weighted by Crippen LogP contribution is 2.42. The van der Waals surface area contributed by atoms with E-state index >= 15 is 0 Å².